The molecule has 0 fully saturated rings. The molecule has 0 aliphatic carbocycles. The maximum absolute atomic E-state index is 13.4. The van der Waals surface area contributed by atoms with Crippen LogP contribution in [-0.4, -0.2) is 9.55 Å². The van der Waals surface area contributed by atoms with Crippen molar-refractivity contribution in [2.24, 2.45) is 0 Å². The van der Waals surface area contributed by atoms with Gasteiger partial charge in [0.2, 0.25) is 5.82 Å². The molecule has 2 aromatic rings. The Morgan fingerprint density at radius 2 is 2.25 bits per heavy atom. The van der Waals surface area contributed by atoms with Gasteiger partial charge in [0.15, 0.2) is 0 Å². The standard InChI is InChI=1S/C10H6FIN4/c11-6-3-9(8(14)4-7(6)12)16-2-1-15-10(16)5-13/h1-4H,14H2. The molecule has 2 N–H and O–H groups in total. The predicted molar refractivity (Wildman–Crippen MR) is 65.4 cm³/mol. The first kappa shape index (κ1) is 10.9. The third kappa shape index (κ3) is 1.74. The number of nitrogen functional groups attached to an aromatic ring is 1. The average molecular weight is 328 g/mol. The van der Waals surface area contributed by atoms with Crippen LogP contribution in [0.5, 0.6) is 0 Å². The fraction of sp³-hybridized carbons (Fsp3) is 0. The third-order valence-corrected chi connectivity index (χ3v) is 2.90. The van der Waals surface area contributed by atoms with Crippen molar-refractivity contribution in [1.82, 2.24) is 9.55 Å². The number of hydrogen-bond donors (Lipinski definition) is 1. The predicted octanol–water partition coefficient (Wildman–Crippen LogP) is 2.07. The second-order valence-corrected chi connectivity index (χ2v) is 4.22. The summed E-state index contributed by atoms with van der Waals surface area (Å²) in [5.41, 5.74) is 6.60. The van der Waals surface area contributed by atoms with E-state index >= 15 is 0 Å². The van der Waals surface area contributed by atoms with Gasteiger partial charge in [-0.1, -0.05) is 0 Å². The van der Waals surface area contributed by atoms with Crippen LogP contribution in [0.1, 0.15) is 5.82 Å². The van der Waals surface area contributed by atoms with Crippen LogP contribution in [0.15, 0.2) is 24.5 Å². The van der Waals surface area contributed by atoms with Crippen molar-refractivity contribution in [3.8, 4) is 11.8 Å². The molecule has 1 aromatic carbocycles. The zero-order valence-corrected chi connectivity index (χ0v) is 10.1. The highest BCUT2D eigenvalue weighted by Gasteiger charge is 2.10. The van der Waals surface area contributed by atoms with E-state index in [9.17, 15) is 4.39 Å². The normalized spacial score (nSPS) is 10.1. The van der Waals surface area contributed by atoms with Crippen LogP contribution in [0, 0.1) is 20.7 Å². The first-order valence-corrected chi connectivity index (χ1v) is 5.39. The summed E-state index contributed by atoms with van der Waals surface area (Å²) in [7, 11) is 0. The van der Waals surface area contributed by atoms with Crippen LogP contribution in [0.4, 0.5) is 10.1 Å². The van der Waals surface area contributed by atoms with Crippen molar-refractivity contribution < 1.29 is 4.39 Å². The zero-order valence-electron chi connectivity index (χ0n) is 7.98. The summed E-state index contributed by atoms with van der Waals surface area (Å²) in [6, 6.07) is 4.72. The van der Waals surface area contributed by atoms with Gasteiger partial charge in [-0.15, -0.1) is 0 Å². The Balaban J connectivity index is 2.66. The maximum Gasteiger partial charge on any atom is 0.217 e. The van der Waals surface area contributed by atoms with Gasteiger partial charge in [-0.25, -0.2) is 9.37 Å². The van der Waals surface area contributed by atoms with Gasteiger partial charge in [0.1, 0.15) is 11.9 Å². The van der Waals surface area contributed by atoms with Crippen molar-refractivity contribution in [1.29, 1.82) is 5.26 Å². The number of halogens is 2. The van der Waals surface area contributed by atoms with Crippen molar-refractivity contribution in [2.45, 2.75) is 0 Å². The van der Waals surface area contributed by atoms with Crippen LogP contribution in [-0.2, 0) is 0 Å². The summed E-state index contributed by atoms with van der Waals surface area (Å²) in [5.74, 6) is -0.199. The summed E-state index contributed by atoms with van der Waals surface area (Å²) < 4.78 is 15.3. The Bertz CT molecular complexity index is 585. The average Bonchev–Trinajstić information content (AvgIpc) is 2.71. The lowest BCUT2D eigenvalue weighted by molar-refractivity contribution is 0.619. The van der Waals surface area contributed by atoms with Crippen molar-refractivity contribution in [2.75, 3.05) is 5.73 Å². The Morgan fingerprint density at radius 3 is 2.94 bits per heavy atom. The SMILES string of the molecule is N#Cc1nccn1-c1cc(F)c(I)cc1N. The molecule has 80 valence electrons. The molecule has 1 heterocycles. The van der Waals surface area contributed by atoms with Gasteiger partial charge in [0, 0.05) is 18.5 Å². The topological polar surface area (TPSA) is 67.6 Å². The number of anilines is 1. The van der Waals surface area contributed by atoms with Crippen LogP contribution in [0.3, 0.4) is 0 Å². The number of nitriles is 1. The summed E-state index contributed by atoms with van der Waals surface area (Å²) in [5, 5.41) is 8.81. The third-order valence-electron chi connectivity index (χ3n) is 2.07. The second-order valence-electron chi connectivity index (χ2n) is 3.06. The Kier molecular flexibility index (Phi) is 2.78. The zero-order chi connectivity index (χ0) is 11.7. The van der Waals surface area contributed by atoms with E-state index in [1.165, 1.54) is 22.9 Å². The number of rotatable bonds is 1. The molecule has 1 aromatic heterocycles. The Labute approximate surface area is 105 Å². The minimum absolute atomic E-state index is 0.173. The molecule has 2 rings (SSSR count). The largest absolute Gasteiger partial charge is 0.397 e. The second kappa shape index (κ2) is 4.09. The van der Waals surface area contributed by atoms with E-state index in [2.05, 4.69) is 4.98 Å². The van der Waals surface area contributed by atoms with E-state index in [4.69, 9.17) is 11.0 Å². The fourth-order valence-electron chi connectivity index (χ4n) is 1.34. The van der Waals surface area contributed by atoms with Crippen molar-refractivity contribution in [3.63, 3.8) is 0 Å². The molecule has 0 saturated heterocycles. The van der Waals surface area contributed by atoms with Crippen LogP contribution < -0.4 is 5.73 Å². The van der Waals surface area contributed by atoms with Gasteiger partial charge in [-0.2, -0.15) is 5.26 Å². The van der Waals surface area contributed by atoms with Crippen LogP contribution >= 0.6 is 22.6 Å². The van der Waals surface area contributed by atoms with Gasteiger partial charge >= 0.3 is 0 Å². The number of aromatic nitrogens is 2. The van der Waals surface area contributed by atoms with E-state index in [0.29, 0.717) is 14.9 Å². The van der Waals surface area contributed by atoms with Gasteiger partial charge in [0.05, 0.1) is 14.9 Å². The molecule has 0 amide bonds. The van der Waals surface area contributed by atoms with Gasteiger partial charge in [0.25, 0.3) is 0 Å². The van der Waals surface area contributed by atoms with E-state index in [1.54, 1.807) is 6.20 Å². The quantitative estimate of drug-likeness (QED) is 0.644. The number of nitrogens with zero attached hydrogens (tertiary/aromatic N) is 3. The van der Waals surface area contributed by atoms with E-state index in [1.807, 2.05) is 28.7 Å². The number of hydrogen-bond acceptors (Lipinski definition) is 3. The lowest BCUT2D eigenvalue weighted by atomic mass is 10.2. The van der Waals surface area contributed by atoms with Gasteiger partial charge in [-0.05, 0) is 28.7 Å². The lowest BCUT2D eigenvalue weighted by Gasteiger charge is -2.08. The van der Waals surface area contributed by atoms with Gasteiger partial charge in [-0.3, -0.25) is 4.57 Å². The molecular formula is C10H6FIN4. The molecule has 0 atom stereocenters. The van der Waals surface area contributed by atoms with E-state index < -0.39 is 0 Å². The Morgan fingerprint density at radius 1 is 1.50 bits per heavy atom. The Hall–Kier alpha value is -1.62. The molecule has 0 bridgehead atoms. The number of benzene rings is 1. The minimum atomic E-state index is -0.373. The van der Waals surface area contributed by atoms with Crippen molar-refractivity contribution >= 4 is 28.3 Å². The first-order chi connectivity index (χ1) is 7.63. The maximum atomic E-state index is 13.4. The molecule has 4 nitrogen and oxygen atoms in total. The molecule has 0 saturated carbocycles. The van der Waals surface area contributed by atoms with Crippen LogP contribution in [0.2, 0.25) is 0 Å². The molecule has 16 heavy (non-hydrogen) atoms. The summed E-state index contributed by atoms with van der Waals surface area (Å²) in [6.07, 6.45) is 3.03. The summed E-state index contributed by atoms with van der Waals surface area (Å²) >= 11 is 1.86. The smallest absolute Gasteiger partial charge is 0.217 e. The molecule has 0 aliphatic rings. The molecular weight excluding hydrogens is 322 g/mol. The minimum Gasteiger partial charge on any atom is -0.397 e. The highest BCUT2D eigenvalue weighted by molar-refractivity contribution is 14.1. The molecule has 0 spiro atoms. The van der Waals surface area contributed by atoms with Crippen molar-refractivity contribution in [3.05, 3.63) is 39.7 Å². The highest BCUT2D eigenvalue weighted by Crippen LogP contribution is 2.23. The lowest BCUT2D eigenvalue weighted by Crippen LogP contribution is -2.03. The first-order valence-electron chi connectivity index (χ1n) is 4.32. The summed E-state index contributed by atoms with van der Waals surface area (Å²) in [4.78, 5) is 3.83. The fourth-order valence-corrected chi connectivity index (χ4v) is 1.83. The molecule has 0 aliphatic heterocycles. The molecule has 0 radical (unpaired) electrons. The number of imidazole rings is 1. The highest BCUT2D eigenvalue weighted by atomic mass is 127. The van der Waals surface area contributed by atoms with E-state index in [-0.39, 0.29) is 11.6 Å². The van der Waals surface area contributed by atoms with Gasteiger partial charge < -0.3 is 5.73 Å². The molecule has 6 heteroatoms. The van der Waals surface area contributed by atoms with E-state index in [0.717, 1.165) is 0 Å². The monoisotopic (exact) mass is 328 g/mol. The molecule has 0 unspecified atom stereocenters. The summed E-state index contributed by atoms with van der Waals surface area (Å²) in [6.45, 7) is 0. The van der Waals surface area contributed by atoms with Crippen LogP contribution in [0.25, 0.3) is 5.69 Å². The number of nitrogens with two attached hydrogens (primary N) is 1.